The van der Waals surface area contributed by atoms with Crippen molar-refractivity contribution in [3.63, 3.8) is 0 Å². The summed E-state index contributed by atoms with van der Waals surface area (Å²) in [7, 11) is 0. The number of rotatable bonds is 3. The molecule has 76 valence electrons. The standard InChI is InChI=1S/C11H22N2/c1-2-11(9-5-6-9)13-7-3-4-10(12)8-13/h9-11H,2-8,12H2,1H3. The van der Waals surface area contributed by atoms with E-state index in [2.05, 4.69) is 11.8 Å². The van der Waals surface area contributed by atoms with Gasteiger partial charge in [0.15, 0.2) is 0 Å². The van der Waals surface area contributed by atoms with Gasteiger partial charge in [-0.25, -0.2) is 0 Å². The summed E-state index contributed by atoms with van der Waals surface area (Å²) in [5, 5.41) is 0. The predicted molar refractivity (Wildman–Crippen MR) is 55.6 cm³/mol. The Bertz CT molecular complexity index is 165. The molecule has 2 atom stereocenters. The van der Waals surface area contributed by atoms with Crippen molar-refractivity contribution < 1.29 is 0 Å². The molecule has 2 nitrogen and oxygen atoms in total. The lowest BCUT2D eigenvalue weighted by Gasteiger charge is -2.37. The Hall–Kier alpha value is -0.0800. The SMILES string of the molecule is CCC(C1CC1)N1CCCC(N)C1. The van der Waals surface area contributed by atoms with Gasteiger partial charge in [-0.1, -0.05) is 6.92 Å². The molecule has 0 aromatic heterocycles. The smallest absolute Gasteiger partial charge is 0.0168 e. The van der Waals surface area contributed by atoms with Crippen LogP contribution in [-0.2, 0) is 0 Å². The van der Waals surface area contributed by atoms with E-state index in [1.54, 1.807) is 0 Å². The van der Waals surface area contributed by atoms with Crippen molar-refractivity contribution in [3.05, 3.63) is 0 Å². The van der Waals surface area contributed by atoms with E-state index in [0.717, 1.165) is 18.5 Å². The summed E-state index contributed by atoms with van der Waals surface area (Å²) in [4.78, 5) is 2.64. The summed E-state index contributed by atoms with van der Waals surface area (Å²) >= 11 is 0. The molecule has 2 N–H and O–H groups in total. The van der Waals surface area contributed by atoms with E-state index in [-0.39, 0.29) is 0 Å². The Morgan fingerprint density at radius 2 is 2.15 bits per heavy atom. The second-order valence-corrected chi connectivity index (χ2v) is 4.71. The Balaban J connectivity index is 1.88. The fraction of sp³-hybridized carbons (Fsp3) is 1.00. The molecule has 0 radical (unpaired) electrons. The van der Waals surface area contributed by atoms with Crippen molar-refractivity contribution in [1.29, 1.82) is 0 Å². The van der Waals surface area contributed by atoms with Crippen LogP contribution in [-0.4, -0.2) is 30.1 Å². The number of nitrogens with zero attached hydrogens (tertiary/aromatic N) is 1. The van der Waals surface area contributed by atoms with Crippen LogP contribution in [0.5, 0.6) is 0 Å². The summed E-state index contributed by atoms with van der Waals surface area (Å²) in [5.74, 6) is 1.01. The van der Waals surface area contributed by atoms with Crippen LogP contribution in [0.3, 0.4) is 0 Å². The van der Waals surface area contributed by atoms with Crippen LogP contribution in [0.15, 0.2) is 0 Å². The van der Waals surface area contributed by atoms with Crippen molar-refractivity contribution in [2.75, 3.05) is 13.1 Å². The van der Waals surface area contributed by atoms with Crippen molar-refractivity contribution in [3.8, 4) is 0 Å². The average molecular weight is 182 g/mol. The quantitative estimate of drug-likeness (QED) is 0.718. The number of hydrogen-bond acceptors (Lipinski definition) is 2. The fourth-order valence-corrected chi connectivity index (χ4v) is 2.71. The van der Waals surface area contributed by atoms with Crippen molar-refractivity contribution in [1.82, 2.24) is 4.90 Å². The fourth-order valence-electron chi connectivity index (χ4n) is 2.71. The van der Waals surface area contributed by atoms with Gasteiger partial charge in [-0.05, 0) is 44.6 Å². The van der Waals surface area contributed by atoms with Crippen LogP contribution in [0.2, 0.25) is 0 Å². The van der Waals surface area contributed by atoms with E-state index in [9.17, 15) is 0 Å². The third-order valence-electron chi connectivity index (χ3n) is 3.54. The van der Waals surface area contributed by atoms with Crippen LogP contribution in [0.1, 0.15) is 39.0 Å². The minimum absolute atomic E-state index is 0.446. The highest BCUT2D eigenvalue weighted by Gasteiger charge is 2.35. The summed E-state index contributed by atoms with van der Waals surface area (Å²) in [5.41, 5.74) is 6.00. The van der Waals surface area contributed by atoms with Gasteiger partial charge in [-0.2, -0.15) is 0 Å². The molecule has 1 heterocycles. The van der Waals surface area contributed by atoms with Gasteiger partial charge in [-0.15, -0.1) is 0 Å². The Morgan fingerprint density at radius 1 is 1.38 bits per heavy atom. The zero-order chi connectivity index (χ0) is 9.26. The molecule has 2 aliphatic rings. The van der Waals surface area contributed by atoms with E-state index in [4.69, 9.17) is 5.73 Å². The molecule has 1 aliphatic heterocycles. The first-order chi connectivity index (χ1) is 6.31. The molecular weight excluding hydrogens is 160 g/mol. The van der Waals surface area contributed by atoms with Crippen molar-refractivity contribution in [2.24, 2.45) is 11.7 Å². The first-order valence-corrected chi connectivity index (χ1v) is 5.81. The molecule has 0 aromatic carbocycles. The van der Waals surface area contributed by atoms with Gasteiger partial charge < -0.3 is 5.73 Å². The van der Waals surface area contributed by atoms with Crippen LogP contribution in [0.25, 0.3) is 0 Å². The predicted octanol–water partition coefficient (Wildman–Crippen LogP) is 1.60. The second-order valence-electron chi connectivity index (χ2n) is 4.71. The largest absolute Gasteiger partial charge is 0.327 e. The molecule has 2 unspecified atom stereocenters. The number of likely N-dealkylation sites (tertiary alicyclic amines) is 1. The maximum atomic E-state index is 6.00. The van der Waals surface area contributed by atoms with Crippen LogP contribution in [0.4, 0.5) is 0 Å². The van der Waals surface area contributed by atoms with Gasteiger partial charge in [-0.3, -0.25) is 4.90 Å². The summed E-state index contributed by atoms with van der Waals surface area (Å²) in [6, 6.07) is 1.30. The minimum atomic E-state index is 0.446. The maximum Gasteiger partial charge on any atom is 0.0168 e. The van der Waals surface area contributed by atoms with Gasteiger partial charge >= 0.3 is 0 Å². The Kier molecular flexibility index (Phi) is 2.89. The summed E-state index contributed by atoms with van der Waals surface area (Å²) in [6.07, 6.45) is 6.79. The molecule has 13 heavy (non-hydrogen) atoms. The van der Waals surface area contributed by atoms with Gasteiger partial charge in [0.1, 0.15) is 0 Å². The lowest BCUT2D eigenvalue weighted by Crippen LogP contribution is -2.48. The number of nitrogens with two attached hydrogens (primary N) is 1. The summed E-state index contributed by atoms with van der Waals surface area (Å²) < 4.78 is 0. The maximum absolute atomic E-state index is 6.00. The Labute approximate surface area is 81.5 Å². The molecule has 0 aromatic rings. The molecule has 2 rings (SSSR count). The lowest BCUT2D eigenvalue weighted by molar-refractivity contribution is 0.130. The normalized spacial score (nSPS) is 33.2. The van der Waals surface area contributed by atoms with E-state index in [1.807, 2.05) is 0 Å². The molecule has 2 fully saturated rings. The molecule has 2 heteroatoms. The van der Waals surface area contributed by atoms with Crippen LogP contribution in [0, 0.1) is 5.92 Å². The van der Waals surface area contributed by atoms with E-state index in [0.29, 0.717) is 6.04 Å². The van der Waals surface area contributed by atoms with Crippen molar-refractivity contribution >= 4 is 0 Å². The molecule has 0 bridgehead atoms. The summed E-state index contributed by atoms with van der Waals surface area (Å²) in [6.45, 7) is 4.76. The average Bonchev–Trinajstić information content (AvgIpc) is 2.90. The Morgan fingerprint density at radius 3 is 2.69 bits per heavy atom. The molecule has 0 spiro atoms. The monoisotopic (exact) mass is 182 g/mol. The number of hydrogen-bond donors (Lipinski definition) is 1. The molecular formula is C11H22N2. The highest BCUT2D eigenvalue weighted by atomic mass is 15.2. The second kappa shape index (κ2) is 3.97. The third kappa shape index (κ3) is 2.23. The molecule has 0 amide bonds. The highest BCUT2D eigenvalue weighted by molar-refractivity contribution is 4.90. The highest BCUT2D eigenvalue weighted by Crippen LogP contribution is 2.37. The van der Waals surface area contributed by atoms with Crippen LogP contribution < -0.4 is 5.73 Å². The molecule has 1 saturated carbocycles. The lowest BCUT2D eigenvalue weighted by atomic mass is 10.0. The van der Waals surface area contributed by atoms with Gasteiger partial charge in [0.05, 0.1) is 0 Å². The zero-order valence-corrected chi connectivity index (χ0v) is 8.71. The first-order valence-electron chi connectivity index (χ1n) is 5.81. The molecule has 1 aliphatic carbocycles. The van der Waals surface area contributed by atoms with Gasteiger partial charge in [0, 0.05) is 18.6 Å². The van der Waals surface area contributed by atoms with E-state index in [1.165, 1.54) is 38.6 Å². The van der Waals surface area contributed by atoms with Gasteiger partial charge in [0.2, 0.25) is 0 Å². The third-order valence-corrected chi connectivity index (χ3v) is 3.54. The van der Waals surface area contributed by atoms with Crippen LogP contribution >= 0.6 is 0 Å². The van der Waals surface area contributed by atoms with E-state index < -0.39 is 0 Å². The van der Waals surface area contributed by atoms with Crippen molar-refractivity contribution in [2.45, 2.75) is 51.1 Å². The molecule has 1 saturated heterocycles. The van der Waals surface area contributed by atoms with E-state index >= 15 is 0 Å². The van der Waals surface area contributed by atoms with Gasteiger partial charge in [0.25, 0.3) is 0 Å². The number of piperidine rings is 1. The minimum Gasteiger partial charge on any atom is -0.327 e. The zero-order valence-electron chi connectivity index (χ0n) is 8.71. The first kappa shape index (κ1) is 9.47. The topological polar surface area (TPSA) is 29.3 Å².